The number of morpholine rings is 1. The first-order valence-corrected chi connectivity index (χ1v) is 8.82. The first-order chi connectivity index (χ1) is 11.4. The molecule has 2 atom stereocenters. The first kappa shape index (κ1) is 18.9. The number of benzene rings is 1. The molecule has 0 bridgehead atoms. The normalized spacial score (nSPS) is 21.5. The molecule has 2 rings (SSSR count). The fraction of sp³-hybridized carbons (Fsp3) is 0.632. The van der Waals surface area contributed by atoms with Crippen LogP contribution in [-0.4, -0.2) is 48.7 Å². The summed E-state index contributed by atoms with van der Waals surface area (Å²) >= 11 is 0. The molecule has 0 radical (unpaired) electrons. The van der Waals surface area contributed by atoms with Crippen LogP contribution < -0.4 is 11.1 Å². The van der Waals surface area contributed by atoms with E-state index < -0.39 is 6.10 Å². The van der Waals surface area contributed by atoms with Gasteiger partial charge in [-0.05, 0) is 24.8 Å². The van der Waals surface area contributed by atoms with Gasteiger partial charge in [0, 0.05) is 31.7 Å². The highest BCUT2D eigenvalue weighted by atomic mass is 16.5. The molecule has 0 aromatic heterocycles. The maximum atomic E-state index is 12.6. The van der Waals surface area contributed by atoms with Crippen molar-refractivity contribution in [3.05, 3.63) is 35.9 Å². The lowest BCUT2D eigenvalue weighted by molar-refractivity contribution is -0.140. The van der Waals surface area contributed by atoms with Crippen LogP contribution in [0.5, 0.6) is 0 Å². The molecule has 1 aliphatic heterocycles. The average Bonchev–Trinajstić information content (AvgIpc) is 2.55. The van der Waals surface area contributed by atoms with Crippen LogP contribution in [0.15, 0.2) is 30.3 Å². The molecule has 1 aromatic rings. The summed E-state index contributed by atoms with van der Waals surface area (Å²) in [6.45, 7) is 9.59. The molecule has 5 heteroatoms. The number of rotatable bonds is 7. The Bertz CT molecular complexity index is 521. The minimum atomic E-state index is -0.430. The zero-order valence-corrected chi connectivity index (χ0v) is 15.1. The van der Waals surface area contributed by atoms with E-state index in [9.17, 15) is 4.79 Å². The van der Waals surface area contributed by atoms with Gasteiger partial charge in [0.25, 0.3) is 5.91 Å². The van der Waals surface area contributed by atoms with Crippen LogP contribution in [0.25, 0.3) is 0 Å². The van der Waals surface area contributed by atoms with Crippen molar-refractivity contribution in [3.63, 3.8) is 0 Å². The van der Waals surface area contributed by atoms with Crippen LogP contribution >= 0.6 is 0 Å². The molecule has 1 amide bonds. The predicted molar refractivity (Wildman–Crippen MR) is 96.5 cm³/mol. The Morgan fingerprint density at radius 1 is 1.42 bits per heavy atom. The predicted octanol–water partition coefficient (Wildman–Crippen LogP) is 1.77. The van der Waals surface area contributed by atoms with Gasteiger partial charge in [-0.3, -0.25) is 9.69 Å². The third-order valence-corrected chi connectivity index (χ3v) is 4.43. The monoisotopic (exact) mass is 333 g/mol. The number of hydrogen-bond acceptors (Lipinski definition) is 4. The van der Waals surface area contributed by atoms with E-state index in [1.807, 2.05) is 25.1 Å². The SMILES string of the molecule is CC(C)CC(C)(CN)NC(=O)C1CN(Cc2ccccc2)CCO1. The smallest absolute Gasteiger partial charge is 0.250 e. The van der Waals surface area contributed by atoms with Gasteiger partial charge in [-0.2, -0.15) is 0 Å². The van der Waals surface area contributed by atoms with Gasteiger partial charge in [-0.1, -0.05) is 44.2 Å². The summed E-state index contributed by atoms with van der Waals surface area (Å²) in [5, 5.41) is 3.11. The molecule has 0 saturated carbocycles. The Labute approximate surface area is 145 Å². The third kappa shape index (κ3) is 5.58. The van der Waals surface area contributed by atoms with Gasteiger partial charge < -0.3 is 15.8 Å². The summed E-state index contributed by atoms with van der Waals surface area (Å²) in [5.74, 6) is 0.419. The second kappa shape index (κ2) is 8.60. The number of amides is 1. The Balaban J connectivity index is 1.92. The minimum Gasteiger partial charge on any atom is -0.366 e. The van der Waals surface area contributed by atoms with Crippen molar-refractivity contribution in [3.8, 4) is 0 Å². The number of carbonyl (C=O) groups is 1. The number of nitrogens with zero attached hydrogens (tertiary/aromatic N) is 1. The minimum absolute atomic E-state index is 0.0543. The third-order valence-electron chi connectivity index (χ3n) is 4.43. The fourth-order valence-corrected chi connectivity index (χ4v) is 3.31. The van der Waals surface area contributed by atoms with Crippen molar-refractivity contribution < 1.29 is 9.53 Å². The highest BCUT2D eigenvalue weighted by Crippen LogP contribution is 2.17. The van der Waals surface area contributed by atoms with Crippen LogP contribution in [0, 0.1) is 5.92 Å². The molecular weight excluding hydrogens is 302 g/mol. The Morgan fingerprint density at radius 3 is 2.75 bits per heavy atom. The summed E-state index contributed by atoms with van der Waals surface area (Å²) < 4.78 is 5.71. The molecule has 1 fully saturated rings. The van der Waals surface area contributed by atoms with E-state index in [4.69, 9.17) is 10.5 Å². The number of nitrogens with two attached hydrogens (primary N) is 1. The maximum absolute atomic E-state index is 12.6. The summed E-state index contributed by atoms with van der Waals surface area (Å²) in [4.78, 5) is 14.9. The first-order valence-electron chi connectivity index (χ1n) is 8.82. The quantitative estimate of drug-likeness (QED) is 0.798. The second-order valence-electron chi connectivity index (χ2n) is 7.43. The Hall–Kier alpha value is -1.43. The number of ether oxygens (including phenoxy) is 1. The van der Waals surface area contributed by atoms with E-state index in [1.165, 1.54) is 5.56 Å². The highest BCUT2D eigenvalue weighted by Gasteiger charge is 2.32. The number of hydrogen-bond donors (Lipinski definition) is 2. The maximum Gasteiger partial charge on any atom is 0.250 e. The summed E-state index contributed by atoms with van der Waals surface area (Å²) in [5.41, 5.74) is 6.77. The highest BCUT2D eigenvalue weighted by molar-refractivity contribution is 5.82. The van der Waals surface area contributed by atoms with Crippen molar-refractivity contribution in [1.82, 2.24) is 10.2 Å². The Kier molecular flexibility index (Phi) is 6.78. The van der Waals surface area contributed by atoms with Crippen LogP contribution in [0.1, 0.15) is 32.8 Å². The molecule has 0 spiro atoms. The van der Waals surface area contributed by atoms with Gasteiger partial charge in [0.05, 0.1) is 6.61 Å². The van der Waals surface area contributed by atoms with Crippen LogP contribution in [-0.2, 0) is 16.1 Å². The van der Waals surface area contributed by atoms with Crippen LogP contribution in [0.3, 0.4) is 0 Å². The summed E-state index contributed by atoms with van der Waals surface area (Å²) in [7, 11) is 0. The largest absolute Gasteiger partial charge is 0.366 e. The lowest BCUT2D eigenvalue weighted by Gasteiger charge is -2.36. The van der Waals surface area contributed by atoms with Gasteiger partial charge in [0.1, 0.15) is 6.10 Å². The van der Waals surface area contributed by atoms with Crippen LogP contribution in [0.2, 0.25) is 0 Å². The summed E-state index contributed by atoms with van der Waals surface area (Å²) in [6.07, 6.45) is 0.427. The molecule has 134 valence electrons. The average molecular weight is 333 g/mol. The van der Waals surface area contributed by atoms with Crippen LogP contribution in [0.4, 0.5) is 0 Å². The molecule has 0 aliphatic carbocycles. The zero-order valence-electron chi connectivity index (χ0n) is 15.1. The standard InChI is InChI=1S/C19H31N3O2/c1-15(2)11-19(3,14-20)21-18(23)17-13-22(9-10-24-17)12-16-7-5-4-6-8-16/h4-8,15,17H,9-14,20H2,1-3H3,(H,21,23). The molecule has 1 heterocycles. The molecule has 24 heavy (non-hydrogen) atoms. The lowest BCUT2D eigenvalue weighted by Crippen LogP contribution is -2.58. The van der Waals surface area contributed by atoms with Gasteiger partial charge >= 0.3 is 0 Å². The summed E-state index contributed by atoms with van der Waals surface area (Å²) in [6, 6.07) is 10.3. The topological polar surface area (TPSA) is 67.6 Å². The van der Waals surface area contributed by atoms with E-state index in [-0.39, 0.29) is 11.4 Å². The molecule has 1 aromatic carbocycles. The molecular formula is C19H31N3O2. The molecule has 1 saturated heterocycles. The van der Waals surface area contributed by atoms with Gasteiger partial charge in [-0.15, -0.1) is 0 Å². The van der Waals surface area contributed by atoms with Crippen molar-refractivity contribution >= 4 is 5.91 Å². The van der Waals surface area contributed by atoms with Crippen molar-refractivity contribution in [2.24, 2.45) is 11.7 Å². The van der Waals surface area contributed by atoms with E-state index in [1.54, 1.807) is 0 Å². The van der Waals surface area contributed by atoms with E-state index in [0.29, 0.717) is 25.6 Å². The van der Waals surface area contributed by atoms with E-state index >= 15 is 0 Å². The van der Waals surface area contributed by atoms with Crippen molar-refractivity contribution in [1.29, 1.82) is 0 Å². The second-order valence-corrected chi connectivity index (χ2v) is 7.43. The Morgan fingerprint density at radius 2 is 2.12 bits per heavy atom. The number of nitrogens with one attached hydrogen (secondary N) is 1. The molecule has 2 unspecified atom stereocenters. The van der Waals surface area contributed by atoms with Crippen molar-refractivity contribution in [2.45, 2.75) is 45.4 Å². The molecule has 3 N–H and O–H groups in total. The zero-order chi connectivity index (χ0) is 17.6. The lowest BCUT2D eigenvalue weighted by atomic mass is 9.90. The van der Waals surface area contributed by atoms with Gasteiger partial charge in [0.2, 0.25) is 0 Å². The molecule has 1 aliphatic rings. The van der Waals surface area contributed by atoms with Gasteiger partial charge in [0.15, 0.2) is 0 Å². The van der Waals surface area contributed by atoms with Gasteiger partial charge in [-0.25, -0.2) is 0 Å². The van der Waals surface area contributed by atoms with Crippen molar-refractivity contribution in [2.75, 3.05) is 26.2 Å². The molecule has 5 nitrogen and oxygen atoms in total. The number of carbonyl (C=O) groups excluding carboxylic acids is 1. The van der Waals surface area contributed by atoms with E-state index in [0.717, 1.165) is 19.5 Å². The fourth-order valence-electron chi connectivity index (χ4n) is 3.31. The van der Waals surface area contributed by atoms with E-state index in [2.05, 4.69) is 36.2 Å².